The summed E-state index contributed by atoms with van der Waals surface area (Å²) in [6.07, 6.45) is 4.40. The number of fused-ring (bicyclic) bond motifs is 2. The van der Waals surface area contributed by atoms with E-state index in [1.807, 2.05) is 24.3 Å². The Morgan fingerprint density at radius 1 is 1.00 bits per heavy atom. The van der Waals surface area contributed by atoms with Gasteiger partial charge in [-0.2, -0.15) is 0 Å². The number of nitrogens with zero attached hydrogens (tertiary/aromatic N) is 2. The average Bonchev–Trinajstić information content (AvgIpc) is 3.17. The quantitative estimate of drug-likeness (QED) is 0.508. The molecular formula is C22H20N2O2. The molecule has 2 aromatic heterocycles. The normalized spacial score (nSPS) is 15.4. The van der Waals surface area contributed by atoms with Gasteiger partial charge in [0, 0.05) is 29.2 Å². The molecule has 2 heterocycles. The fourth-order valence-electron chi connectivity index (χ4n) is 4.06. The Balaban J connectivity index is 1.64. The molecule has 0 aliphatic heterocycles. The van der Waals surface area contributed by atoms with E-state index in [1.54, 1.807) is 0 Å². The molecule has 26 heavy (non-hydrogen) atoms. The lowest BCUT2D eigenvalue weighted by Gasteiger charge is -2.22. The number of esters is 1. The third kappa shape index (κ3) is 2.18. The summed E-state index contributed by atoms with van der Waals surface area (Å²) >= 11 is 0. The van der Waals surface area contributed by atoms with Crippen molar-refractivity contribution in [3.8, 4) is 0 Å². The Hall–Kier alpha value is -3.01. The molecule has 4 heteroatoms. The zero-order chi connectivity index (χ0) is 17.7. The first-order chi connectivity index (χ1) is 12.7. The summed E-state index contributed by atoms with van der Waals surface area (Å²) in [5, 5.41) is 2.32. The first-order valence-electron chi connectivity index (χ1n) is 8.95. The summed E-state index contributed by atoms with van der Waals surface area (Å²) in [5.74, 6) is -0.283. The number of carbonyl (C=O) groups excluding carboxylic acids is 1. The van der Waals surface area contributed by atoms with Gasteiger partial charge in [-0.05, 0) is 42.5 Å². The summed E-state index contributed by atoms with van der Waals surface area (Å²) in [5.41, 5.74) is 2.97. The molecule has 4 nitrogen and oxygen atoms in total. The molecule has 5 rings (SSSR count). The van der Waals surface area contributed by atoms with Gasteiger partial charge in [-0.1, -0.05) is 36.4 Å². The fourth-order valence-corrected chi connectivity index (χ4v) is 4.06. The predicted molar refractivity (Wildman–Crippen MR) is 102 cm³/mol. The standard InChI is InChI=1S/C22H20N2O2/c1-26-21(25)20-14-17-7-3-4-8-18(17)23(20)15-22(11-12-22)24-13-10-16-6-2-5-9-19(16)24/h2-10,13-14H,11-12,15H2,1H3. The Morgan fingerprint density at radius 2 is 1.69 bits per heavy atom. The van der Waals surface area contributed by atoms with Crippen molar-refractivity contribution in [2.45, 2.75) is 24.9 Å². The van der Waals surface area contributed by atoms with Crippen LogP contribution in [-0.4, -0.2) is 22.2 Å². The Morgan fingerprint density at radius 3 is 2.42 bits per heavy atom. The Bertz CT molecular complexity index is 1130. The van der Waals surface area contributed by atoms with E-state index in [9.17, 15) is 4.79 Å². The highest BCUT2D eigenvalue weighted by molar-refractivity contribution is 5.95. The van der Waals surface area contributed by atoms with Crippen LogP contribution in [-0.2, 0) is 16.8 Å². The maximum Gasteiger partial charge on any atom is 0.354 e. The van der Waals surface area contributed by atoms with Gasteiger partial charge in [0.15, 0.2) is 0 Å². The van der Waals surface area contributed by atoms with Crippen molar-refractivity contribution in [2.24, 2.45) is 0 Å². The molecular weight excluding hydrogens is 324 g/mol. The van der Waals surface area contributed by atoms with Crippen LogP contribution in [0.1, 0.15) is 23.3 Å². The first-order valence-corrected chi connectivity index (χ1v) is 8.95. The zero-order valence-corrected chi connectivity index (χ0v) is 14.7. The van der Waals surface area contributed by atoms with Crippen molar-refractivity contribution in [3.63, 3.8) is 0 Å². The molecule has 0 amide bonds. The lowest BCUT2D eigenvalue weighted by atomic mass is 10.2. The Labute approximate surface area is 151 Å². The number of hydrogen-bond acceptors (Lipinski definition) is 2. The van der Waals surface area contributed by atoms with Crippen LogP contribution < -0.4 is 0 Å². The Kier molecular flexibility index (Phi) is 3.23. The number of aromatic nitrogens is 2. The second-order valence-corrected chi connectivity index (χ2v) is 7.14. The van der Waals surface area contributed by atoms with Crippen molar-refractivity contribution in [1.29, 1.82) is 0 Å². The number of rotatable bonds is 4. The van der Waals surface area contributed by atoms with Crippen molar-refractivity contribution in [1.82, 2.24) is 9.13 Å². The number of hydrogen-bond donors (Lipinski definition) is 0. The molecule has 0 spiro atoms. The summed E-state index contributed by atoms with van der Waals surface area (Å²) < 4.78 is 9.55. The van der Waals surface area contributed by atoms with E-state index in [4.69, 9.17) is 4.74 Å². The maximum absolute atomic E-state index is 12.4. The van der Waals surface area contributed by atoms with E-state index in [2.05, 4.69) is 51.7 Å². The summed E-state index contributed by atoms with van der Waals surface area (Å²) in [4.78, 5) is 12.4. The van der Waals surface area contributed by atoms with Crippen molar-refractivity contribution in [2.75, 3.05) is 7.11 Å². The molecule has 1 fully saturated rings. The van der Waals surface area contributed by atoms with Gasteiger partial charge in [-0.15, -0.1) is 0 Å². The van der Waals surface area contributed by atoms with Gasteiger partial charge in [0.25, 0.3) is 0 Å². The van der Waals surface area contributed by atoms with Gasteiger partial charge < -0.3 is 13.9 Å². The second-order valence-electron chi connectivity index (χ2n) is 7.14. The summed E-state index contributed by atoms with van der Waals surface area (Å²) in [6.45, 7) is 0.767. The smallest absolute Gasteiger partial charge is 0.354 e. The van der Waals surface area contributed by atoms with Crippen LogP contribution in [0.15, 0.2) is 66.9 Å². The molecule has 1 aliphatic rings. The average molecular weight is 344 g/mol. The molecule has 0 atom stereocenters. The monoisotopic (exact) mass is 344 g/mol. The minimum atomic E-state index is -0.283. The number of ether oxygens (including phenoxy) is 1. The van der Waals surface area contributed by atoms with Crippen LogP contribution >= 0.6 is 0 Å². The number of methoxy groups -OCH3 is 1. The van der Waals surface area contributed by atoms with Crippen LogP contribution in [0.2, 0.25) is 0 Å². The van der Waals surface area contributed by atoms with Gasteiger partial charge >= 0.3 is 5.97 Å². The van der Waals surface area contributed by atoms with Crippen molar-refractivity contribution < 1.29 is 9.53 Å². The third-order valence-corrected chi connectivity index (χ3v) is 5.60. The highest BCUT2D eigenvalue weighted by atomic mass is 16.5. The van der Waals surface area contributed by atoms with Gasteiger partial charge in [-0.25, -0.2) is 4.79 Å². The van der Waals surface area contributed by atoms with Crippen LogP contribution in [0.5, 0.6) is 0 Å². The van der Waals surface area contributed by atoms with Crippen LogP contribution in [0, 0.1) is 0 Å². The SMILES string of the molecule is COC(=O)c1cc2ccccc2n1CC1(n2ccc3ccccc32)CC1. The molecule has 2 aromatic carbocycles. The van der Waals surface area contributed by atoms with Gasteiger partial charge in [0.05, 0.1) is 12.6 Å². The molecule has 0 saturated heterocycles. The molecule has 1 aliphatic carbocycles. The summed E-state index contributed by atoms with van der Waals surface area (Å²) in [7, 11) is 1.44. The highest BCUT2D eigenvalue weighted by Crippen LogP contribution is 2.47. The third-order valence-electron chi connectivity index (χ3n) is 5.60. The topological polar surface area (TPSA) is 36.2 Å². The minimum absolute atomic E-state index is 0.0215. The number of benzene rings is 2. The first kappa shape index (κ1) is 15.3. The van der Waals surface area contributed by atoms with Crippen molar-refractivity contribution in [3.05, 3.63) is 72.6 Å². The van der Waals surface area contributed by atoms with Crippen LogP contribution in [0.25, 0.3) is 21.8 Å². The second kappa shape index (κ2) is 5.49. The minimum Gasteiger partial charge on any atom is -0.464 e. The number of para-hydroxylation sites is 2. The van der Waals surface area contributed by atoms with E-state index in [0.29, 0.717) is 5.69 Å². The van der Waals surface area contributed by atoms with E-state index in [0.717, 1.165) is 30.3 Å². The molecule has 0 bridgehead atoms. The molecule has 4 aromatic rings. The van der Waals surface area contributed by atoms with E-state index < -0.39 is 0 Å². The van der Waals surface area contributed by atoms with Crippen LogP contribution in [0.4, 0.5) is 0 Å². The van der Waals surface area contributed by atoms with E-state index >= 15 is 0 Å². The highest BCUT2D eigenvalue weighted by Gasteiger charge is 2.46. The molecule has 0 N–H and O–H groups in total. The van der Waals surface area contributed by atoms with Crippen LogP contribution in [0.3, 0.4) is 0 Å². The molecule has 0 radical (unpaired) electrons. The largest absolute Gasteiger partial charge is 0.464 e. The maximum atomic E-state index is 12.4. The van der Waals surface area contributed by atoms with Gasteiger partial charge in [-0.3, -0.25) is 0 Å². The van der Waals surface area contributed by atoms with E-state index in [-0.39, 0.29) is 11.5 Å². The van der Waals surface area contributed by atoms with Gasteiger partial charge in [0.1, 0.15) is 5.69 Å². The number of carbonyl (C=O) groups is 1. The van der Waals surface area contributed by atoms with Crippen molar-refractivity contribution >= 4 is 27.8 Å². The zero-order valence-electron chi connectivity index (χ0n) is 14.7. The van der Waals surface area contributed by atoms with E-state index in [1.165, 1.54) is 18.0 Å². The lowest BCUT2D eigenvalue weighted by Crippen LogP contribution is -2.25. The molecule has 0 unspecified atom stereocenters. The predicted octanol–water partition coefficient (Wildman–Crippen LogP) is 4.57. The molecule has 130 valence electrons. The molecule has 1 saturated carbocycles. The summed E-state index contributed by atoms with van der Waals surface area (Å²) in [6, 6.07) is 20.7. The van der Waals surface area contributed by atoms with Gasteiger partial charge in [0.2, 0.25) is 0 Å². The fraction of sp³-hybridized carbons (Fsp3) is 0.227. The lowest BCUT2D eigenvalue weighted by molar-refractivity contribution is 0.0588.